The predicted molar refractivity (Wildman–Crippen MR) is 149 cm³/mol. The first-order chi connectivity index (χ1) is 18.1. The van der Waals surface area contributed by atoms with E-state index in [2.05, 4.69) is 4.98 Å². The molecule has 0 bridgehead atoms. The molecule has 1 heterocycles. The first kappa shape index (κ1) is 30.1. The molecule has 0 unspecified atom stereocenters. The molecule has 38 heavy (non-hydrogen) atoms. The summed E-state index contributed by atoms with van der Waals surface area (Å²) in [5.41, 5.74) is 0.297. The molecule has 2 aromatic carbocycles. The van der Waals surface area contributed by atoms with Gasteiger partial charge in [-0.2, -0.15) is 4.31 Å². The van der Waals surface area contributed by atoms with E-state index in [0.717, 1.165) is 43.1 Å². The van der Waals surface area contributed by atoms with E-state index in [1.165, 1.54) is 39.5 Å². The van der Waals surface area contributed by atoms with Gasteiger partial charge in [0.1, 0.15) is 11.3 Å². The van der Waals surface area contributed by atoms with E-state index in [0.29, 0.717) is 37.3 Å². The molecule has 0 aliphatic rings. The van der Waals surface area contributed by atoms with Crippen LogP contribution in [0.25, 0.3) is 10.2 Å². The van der Waals surface area contributed by atoms with E-state index in [4.69, 9.17) is 0 Å². The molecule has 0 fully saturated rings. The number of thiazole rings is 1. The number of sulfonamides is 1. The van der Waals surface area contributed by atoms with Gasteiger partial charge in [0.15, 0.2) is 10.9 Å². The Hall–Kier alpha value is -2.47. The minimum Gasteiger partial charge on any atom is -0.309 e. The minimum atomic E-state index is -3.69. The van der Waals surface area contributed by atoms with Crippen LogP contribution in [0.2, 0.25) is 0 Å². The van der Waals surface area contributed by atoms with Gasteiger partial charge in [-0.05, 0) is 70.2 Å². The summed E-state index contributed by atoms with van der Waals surface area (Å²) in [6.07, 6.45) is 3.94. The molecule has 0 N–H and O–H groups in total. The zero-order valence-corrected chi connectivity index (χ0v) is 24.0. The van der Waals surface area contributed by atoms with Gasteiger partial charge in [0.25, 0.3) is 5.91 Å². The number of rotatable bonds is 14. The van der Waals surface area contributed by atoms with Crippen molar-refractivity contribution < 1.29 is 22.0 Å². The number of carbonyl (C=O) groups is 1. The Balaban J connectivity index is 1.91. The molecule has 1 amide bonds. The normalized spacial score (nSPS) is 12.1. The van der Waals surface area contributed by atoms with Crippen molar-refractivity contribution in [1.82, 2.24) is 14.2 Å². The lowest BCUT2D eigenvalue weighted by molar-refractivity contribution is 0.0986. The molecule has 1 aromatic heterocycles. The zero-order valence-electron chi connectivity index (χ0n) is 22.4. The number of aromatic nitrogens is 1. The average Bonchev–Trinajstić information content (AvgIpc) is 3.30. The van der Waals surface area contributed by atoms with Crippen molar-refractivity contribution in [3.05, 3.63) is 53.6 Å². The van der Waals surface area contributed by atoms with Crippen LogP contribution >= 0.6 is 11.3 Å². The van der Waals surface area contributed by atoms with E-state index in [1.54, 1.807) is 0 Å². The molecule has 3 rings (SSSR count). The Morgan fingerprint density at radius 1 is 0.921 bits per heavy atom. The number of benzene rings is 2. The quantitative estimate of drug-likeness (QED) is 0.248. The number of hydrogen-bond donors (Lipinski definition) is 0. The number of carbonyl (C=O) groups excluding carboxylic acids is 1. The summed E-state index contributed by atoms with van der Waals surface area (Å²) in [5.74, 6) is -1.88. The highest BCUT2D eigenvalue weighted by molar-refractivity contribution is 7.89. The second kappa shape index (κ2) is 13.5. The molecule has 0 aliphatic carbocycles. The first-order valence-electron chi connectivity index (χ1n) is 12.9. The minimum absolute atomic E-state index is 0.0116. The van der Waals surface area contributed by atoms with Crippen LogP contribution in [0.15, 0.2) is 41.3 Å². The van der Waals surface area contributed by atoms with Gasteiger partial charge < -0.3 is 4.90 Å². The van der Waals surface area contributed by atoms with E-state index >= 15 is 0 Å². The number of unbranched alkanes of at least 4 members (excludes halogenated alkanes) is 2. The molecule has 0 atom stereocenters. The van der Waals surface area contributed by atoms with Crippen molar-refractivity contribution in [1.29, 1.82) is 0 Å². The molecule has 7 nitrogen and oxygen atoms in total. The van der Waals surface area contributed by atoms with Gasteiger partial charge in [0.2, 0.25) is 10.0 Å². The predicted octanol–water partition coefficient (Wildman–Crippen LogP) is 5.76. The van der Waals surface area contributed by atoms with Crippen molar-refractivity contribution in [3.8, 4) is 0 Å². The smallest absolute Gasteiger partial charge is 0.260 e. The molecule has 0 spiro atoms. The summed E-state index contributed by atoms with van der Waals surface area (Å²) in [5, 5.41) is 0.260. The Bertz CT molecular complexity index is 1320. The molecule has 0 saturated heterocycles. The van der Waals surface area contributed by atoms with Crippen LogP contribution in [0.1, 0.15) is 56.3 Å². The molecular weight excluding hydrogens is 530 g/mol. The maximum Gasteiger partial charge on any atom is 0.260 e. The number of hydrogen-bond acceptors (Lipinski definition) is 6. The van der Waals surface area contributed by atoms with Crippen molar-refractivity contribution in [3.63, 3.8) is 0 Å². The van der Waals surface area contributed by atoms with E-state index in [-0.39, 0.29) is 27.0 Å². The first-order valence-corrected chi connectivity index (χ1v) is 15.2. The van der Waals surface area contributed by atoms with Crippen molar-refractivity contribution in [2.24, 2.45) is 0 Å². The third kappa shape index (κ3) is 7.34. The maximum atomic E-state index is 14.3. The van der Waals surface area contributed by atoms with Crippen LogP contribution in [0.5, 0.6) is 0 Å². The molecular formula is C27H36F2N4O3S2. The zero-order chi connectivity index (χ0) is 27.9. The Morgan fingerprint density at radius 2 is 1.55 bits per heavy atom. The van der Waals surface area contributed by atoms with Crippen molar-refractivity contribution in [2.75, 3.05) is 45.2 Å². The van der Waals surface area contributed by atoms with Gasteiger partial charge in [-0.3, -0.25) is 9.69 Å². The fourth-order valence-electron chi connectivity index (χ4n) is 3.99. The van der Waals surface area contributed by atoms with Gasteiger partial charge in [-0.25, -0.2) is 22.2 Å². The third-order valence-corrected chi connectivity index (χ3v) is 9.06. The number of amides is 1. The van der Waals surface area contributed by atoms with Crippen LogP contribution < -0.4 is 4.90 Å². The highest BCUT2D eigenvalue weighted by atomic mass is 32.2. The number of anilines is 1. The lowest BCUT2D eigenvalue weighted by atomic mass is 10.2. The van der Waals surface area contributed by atoms with Crippen LogP contribution in [-0.2, 0) is 10.0 Å². The molecule has 3 aromatic rings. The van der Waals surface area contributed by atoms with Crippen LogP contribution in [-0.4, -0.2) is 68.8 Å². The van der Waals surface area contributed by atoms with E-state index < -0.39 is 21.7 Å². The summed E-state index contributed by atoms with van der Waals surface area (Å²) in [7, 11) is 0.149. The van der Waals surface area contributed by atoms with Crippen LogP contribution in [0, 0.1) is 11.6 Å². The largest absolute Gasteiger partial charge is 0.309 e. The fraction of sp³-hybridized carbons (Fsp3) is 0.481. The summed E-state index contributed by atoms with van der Waals surface area (Å²) < 4.78 is 56.5. The van der Waals surface area contributed by atoms with Crippen molar-refractivity contribution >= 4 is 42.6 Å². The second-order valence-corrected chi connectivity index (χ2v) is 12.4. The van der Waals surface area contributed by atoms with Gasteiger partial charge in [0.05, 0.1) is 9.60 Å². The third-order valence-electron chi connectivity index (χ3n) is 6.13. The van der Waals surface area contributed by atoms with Gasteiger partial charge in [-0.1, -0.05) is 38.0 Å². The lowest BCUT2D eigenvalue weighted by Gasteiger charge is -2.23. The van der Waals surface area contributed by atoms with E-state index in [9.17, 15) is 22.0 Å². The van der Waals surface area contributed by atoms with Gasteiger partial charge in [0, 0.05) is 31.3 Å². The summed E-state index contributed by atoms with van der Waals surface area (Å²) in [4.78, 5) is 21.4. The molecule has 11 heteroatoms. The number of halogens is 2. The standard InChI is InChI=1S/C27H36F2N4O3S2/c1-5-7-15-32(16-8-6-2)38(35,36)22-12-10-20(11-13-22)26(34)33(17-9-14-31(3)4)27-30-25-23(29)18-21(28)19-24(25)37-27/h10-13,18-19H,5-9,14-17H2,1-4H3. The SMILES string of the molecule is CCCCN(CCCC)S(=O)(=O)c1ccc(C(=O)N(CCCN(C)C)c2nc3c(F)cc(F)cc3s2)cc1. The van der Waals surface area contributed by atoms with Crippen molar-refractivity contribution in [2.45, 2.75) is 50.8 Å². The van der Waals surface area contributed by atoms with Gasteiger partial charge in [-0.15, -0.1) is 0 Å². The Kier molecular flexibility index (Phi) is 10.7. The number of fused-ring (bicyclic) bond motifs is 1. The number of nitrogens with zero attached hydrogens (tertiary/aromatic N) is 4. The summed E-state index contributed by atoms with van der Waals surface area (Å²) in [6, 6.07) is 7.88. The van der Waals surface area contributed by atoms with Gasteiger partial charge >= 0.3 is 0 Å². The molecule has 0 radical (unpaired) electrons. The lowest BCUT2D eigenvalue weighted by Crippen LogP contribution is -2.34. The highest BCUT2D eigenvalue weighted by Gasteiger charge is 2.26. The molecule has 0 saturated carbocycles. The fourth-order valence-corrected chi connectivity index (χ4v) is 6.53. The maximum absolute atomic E-state index is 14.3. The summed E-state index contributed by atoms with van der Waals surface area (Å²) >= 11 is 1.04. The molecule has 0 aliphatic heterocycles. The Labute approximate surface area is 228 Å². The monoisotopic (exact) mass is 566 g/mol. The topological polar surface area (TPSA) is 73.8 Å². The Morgan fingerprint density at radius 3 is 2.13 bits per heavy atom. The van der Waals surface area contributed by atoms with E-state index in [1.807, 2.05) is 32.8 Å². The van der Waals surface area contributed by atoms with Crippen LogP contribution in [0.4, 0.5) is 13.9 Å². The molecule has 208 valence electrons. The average molecular weight is 567 g/mol. The second-order valence-electron chi connectivity index (χ2n) is 9.48. The van der Waals surface area contributed by atoms with Crippen LogP contribution in [0.3, 0.4) is 0 Å². The highest BCUT2D eigenvalue weighted by Crippen LogP contribution is 2.32. The summed E-state index contributed by atoms with van der Waals surface area (Å²) in [6.45, 7) is 5.96.